The van der Waals surface area contributed by atoms with Gasteiger partial charge in [0.15, 0.2) is 0 Å². The van der Waals surface area contributed by atoms with E-state index in [1.807, 2.05) is 0 Å². The van der Waals surface area contributed by atoms with E-state index in [2.05, 4.69) is 15.3 Å². The second-order valence-corrected chi connectivity index (χ2v) is 2.32. The van der Waals surface area contributed by atoms with Crippen molar-refractivity contribution in [1.29, 1.82) is 0 Å². The van der Waals surface area contributed by atoms with E-state index in [0.717, 1.165) is 0 Å². The lowest BCUT2D eigenvalue weighted by Gasteiger charge is -2.00. The molecule has 66 valence electrons. The van der Waals surface area contributed by atoms with Crippen molar-refractivity contribution in [2.45, 2.75) is 12.5 Å². The predicted octanol–water partition coefficient (Wildman–Crippen LogP) is -1.64. The van der Waals surface area contributed by atoms with Gasteiger partial charge in [0.05, 0.1) is 0 Å². The van der Waals surface area contributed by atoms with Gasteiger partial charge in [-0.25, -0.2) is 0 Å². The van der Waals surface area contributed by atoms with Crippen LogP contribution in [0.2, 0.25) is 0 Å². The van der Waals surface area contributed by atoms with Gasteiger partial charge >= 0.3 is 0 Å². The normalized spacial score (nSPS) is 21.1. The van der Waals surface area contributed by atoms with Gasteiger partial charge in [0.2, 0.25) is 6.10 Å². The molecule has 2 amide bonds. The lowest BCUT2D eigenvalue weighted by molar-refractivity contribution is -0.127. The van der Waals surface area contributed by atoms with Crippen LogP contribution in [0, 0.1) is 0 Å². The third kappa shape index (κ3) is 1.52. The third-order valence-electron chi connectivity index (χ3n) is 1.48. The minimum absolute atomic E-state index is 0.148. The van der Waals surface area contributed by atoms with E-state index in [-0.39, 0.29) is 18.0 Å². The Kier molecular flexibility index (Phi) is 2.27. The Bertz CT molecular complexity index is 248. The quantitative estimate of drug-likeness (QED) is 0.522. The van der Waals surface area contributed by atoms with Crippen molar-refractivity contribution < 1.29 is 14.4 Å². The van der Waals surface area contributed by atoms with Gasteiger partial charge in [-0.3, -0.25) is 9.59 Å². The summed E-state index contributed by atoms with van der Waals surface area (Å²) in [6.07, 6.45) is -0.646. The molecule has 0 spiro atoms. The number of hydrogen-bond donors (Lipinski definition) is 2. The number of nitrogens with two attached hydrogens (primary N) is 1. The molecule has 0 aromatic rings. The van der Waals surface area contributed by atoms with E-state index in [0.29, 0.717) is 0 Å². The van der Waals surface area contributed by atoms with Crippen molar-refractivity contribution in [1.82, 2.24) is 5.32 Å². The molecule has 1 atom stereocenters. The zero-order valence-corrected chi connectivity index (χ0v) is 6.53. The number of carbonyl (C=O) groups excluding carboxylic acids is 2. The SMILES string of the molecule is CNC(=O)C1=NOC(C(N)=O)C1. The molecule has 12 heavy (non-hydrogen) atoms. The standard InChI is InChI=1S/C6H9N3O3/c1-8-6(11)3-2-4(5(7)10)12-9-3/h4H,2H2,1H3,(H2,7,10)(H,8,11). The zero-order chi connectivity index (χ0) is 9.14. The summed E-state index contributed by atoms with van der Waals surface area (Å²) >= 11 is 0. The van der Waals surface area contributed by atoms with Crippen LogP contribution >= 0.6 is 0 Å². The van der Waals surface area contributed by atoms with Crippen molar-refractivity contribution in [3.63, 3.8) is 0 Å². The van der Waals surface area contributed by atoms with Crippen molar-refractivity contribution in [3.8, 4) is 0 Å². The Balaban J connectivity index is 2.54. The summed E-state index contributed by atoms with van der Waals surface area (Å²) in [6.45, 7) is 0. The molecule has 1 heterocycles. The van der Waals surface area contributed by atoms with Crippen LogP contribution in [0.4, 0.5) is 0 Å². The van der Waals surface area contributed by atoms with Crippen LogP contribution in [0.5, 0.6) is 0 Å². The van der Waals surface area contributed by atoms with Crippen molar-refractivity contribution in [2.75, 3.05) is 7.05 Å². The zero-order valence-electron chi connectivity index (χ0n) is 6.53. The van der Waals surface area contributed by atoms with E-state index in [1.54, 1.807) is 0 Å². The molecule has 3 N–H and O–H groups in total. The molecule has 0 bridgehead atoms. The fourth-order valence-electron chi connectivity index (χ4n) is 0.808. The maximum Gasteiger partial charge on any atom is 0.268 e. The highest BCUT2D eigenvalue weighted by Crippen LogP contribution is 2.09. The number of rotatable bonds is 2. The van der Waals surface area contributed by atoms with Crippen LogP contribution in [-0.4, -0.2) is 30.7 Å². The molecular formula is C6H9N3O3. The van der Waals surface area contributed by atoms with E-state index < -0.39 is 12.0 Å². The number of oxime groups is 1. The molecule has 0 saturated carbocycles. The van der Waals surface area contributed by atoms with Crippen LogP contribution in [0.15, 0.2) is 5.16 Å². The molecule has 6 heteroatoms. The lowest BCUT2D eigenvalue weighted by Crippen LogP contribution is -2.32. The first-order valence-corrected chi connectivity index (χ1v) is 3.39. The van der Waals surface area contributed by atoms with Crippen molar-refractivity contribution in [3.05, 3.63) is 0 Å². The Morgan fingerprint density at radius 2 is 2.42 bits per heavy atom. The van der Waals surface area contributed by atoms with Gasteiger partial charge in [0.25, 0.3) is 11.8 Å². The molecule has 1 rings (SSSR count). The minimum atomic E-state index is -0.794. The van der Waals surface area contributed by atoms with Crippen molar-refractivity contribution >= 4 is 17.5 Å². The summed E-state index contributed by atoms with van der Waals surface area (Å²) in [5.41, 5.74) is 5.13. The van der Waals surface area contributed by atoms with Crippen LogP contribution in [0.3, 0.4) is 0 Å². The molecule has 0 saturated heterocycles. The van der Waals surface area contributed by atoms with Gasteiger partial charge in [-0.05, 0) is 0 Å². The molecule has 0 aliphatic carbocycles. The summed E-state index contributed by atoms with van der Waals surface area (Å²) < 4.78 is 0. The second kappa shape index (κ2) is 3.21. The number of nitrogens with zero attached hydrogens (tertiary/aromatic N) is 1. The number of amides is 2. The summed E-state index contributed by atoms with van der Waals surface area (Å²) in [6, 6.07) is 0. The van der Waals surface area contributed by atoms with E-state index in [1.165, 1.54) is 7.05 Å². The van der Waals surface area contributed by atoms with Gasteiger partial charge in [-0.2, -0.15) is 0 Å². The van der Waals surface area contributed by atoms with Gasteiger partial charge in [0.1, 0.15) is 5.71 Å². The molecule has 6 nitrogen and oxygen atoms in total. The summed E-state index contributed by atoms with van der Waals surface area (Å²) in [5.74, 6) is -0.962. The Morgan fingerprint density at radius 3 is 2.83 bits per heavy atom. The number of primary amides is 1. The molecule has 0 fully saturated rings. The molecule has 1 aliphatic rings. The highest BCUT2D eigenvalue weighted by molar-refractivity contribution is 6.39. The molecule has 1 aliphatic heterocycles. The molecule has 0 aromatic carbocycles. The monoisotopic (exact) mass is 171 g/mol. The molecule has 0 radical (unpaired) electrons. The Labute approximate surface area is 68.7 Å². The fourth-order valence-corrected chi connectivity index (χ4v) is 0.808. The maximum absolute atomic E-state index is 10.9. The second-order valence-electron chi connectivity index (χ2n) is 2.32. The fraction of sp³-hybridized carbons (Fsp3) is 0.500. The van der Waals surface area contributed by atoms with Gasteiger partial charge in [0, 0.05) is 13.5 Å². The highest BCUT2D eigenvalue weighted by Gasteiger charge is 2.29. The predicted molar refractivity (Wildman–Crippen MR) is 40.2 cm³/mol. The van der Waals surface area contributed by atoms with Gasteiger partial charge in [-0.1, -0.05) is 5.16 Å². The van der Waals surface area contributed by atoms with Crippen LogP contribution in [0.1, 0.15) is 6.42 Å². The van der Waals surface area contributed by atoms with Crippen LogP contribution < -0.4 is 11.1 Å². The summed E-state index contributed by atoms with van der Waals surface area (Å²) in [7, 11) is 1.47. The summed E-state index contributed by atoms with van der Waals surface area (Å²) in [4.78, 5) is 26.1. The highest BCUT2D eigenvalue weighted by atomic mass is 16.6. The van der Waals surface area contributed by atoms with Gasteiger partial charge < -0.3 is 15.9 Å². The Morgan fingerprint density at radius 1 is 1.75 bits per heavy atom. The van der Waals surface area contributed by atoms with Crippen LogP contribution in [-0.2, 0) is 14.4 Å². The van der Waals surface area contributed by atoms with Crippen LogP contribution in [0.25, 0.3) is 0 Å². The molecule has 0 aromatic heterocycles. The smallest absolute Gasteiger partial charge is 0.268 e. The van der Waals surface area contributed by atoms with E-state index in [9.17, 15) is 9.59 Å². The maximum atomic E-state index is 10.9. The first-order valence-electron chi connectivity index (χ1n) is 3.39. The Hall–Kier alpha value is -1.59. The van der Waals surface area contributed by atoms with E-state index >= 15 is 0 Å². The average Bonchev–Trinajstić information content (AvgIpc) is 2.51. The number of carbonyl (C=O) groups is 2. The molecule has 1 unspecified atom stereocenters. The first kappa shape index (κ1) is 8.51. The summed E-state index contributed by atoms with van der Waals surface area (Å²) in [5, 5.41) is 5.78. The lowest BCUT2D eigenvalue weighted by atomic mass is 10.1. The minimum Gasteiger partial charge on any atom is -0.382 e. The van der Waals surface area contributed by atoms with Gasteiger partial charge in [-0.15, -0.1) is 0 Å². The topological polar surface area (TPSA) is 93.8 Å². The van der Waals surface area contributed by atoms with E-state index in [4.69, 9.17) is 5.73 Å². The third-order valence-corrected chi connectivity index (χ3v) is 1.48. The largest absolute Gasteiger partial charge is 0.382 e. The first-order chi connectivity index (χ1) is 5.65. The number of nitrogens with one attached hydrogen (secondary N) is 1. The number of hydrogen-bond acceptors (Lipinski definition) is 4. The van der Waals surface area contributed by atoms with Crippen molar-refractivity contribution in [2.24, 2.45) is 10.9 Å². The molecular weight excluding hydrogens is 162 g/mol. The average molecular weight is 171 g/mol.